The van der Waals surface area contributed by atoms with Crippen LogP contribution in [0.15, 0.2) is 18.2 Å². The molecule has 0 saturated heterocycles. The lowest BCUT2D eigenvalue weighted by Gasteiger charge is -2.00. The molecule has 0 saturated carbocycles. The van der Waals surface area contributed by atoms with Gasteiger partial charge in [-0.05, 0) is 18.6 Å². The first-order chi connectivity index (χ1) is 6.54. The van der Waals surface area contributed by atoms with Crippen LogP contribution in [0.1, 0.15) is 23.3 Å². The van der Waals surface area contributed by atoms with Crippen molar-refractivity contribution in [2.24, 2.45) is 0 Å². The van der Waals surface area contributed by atoms with Gasteiger partial charge >= 0.3 is 5.97 Å². The van der Waals surface area contributed by atoms with E-state index >= 15 is 0 Å². The Morgan fingerprint density at radius 2 is 2.00 bits per heavy atom. The summed E-state index contributed by atoms with van der Waals surface area (Å²) in [6.45, 7) is 1.68. The number of methoxy groups -OCH3 is 1. The molecule has 0 unspecified atom stereocenters. The van der Waals surface area contributed by atoms with Gasteiger partial charge in [-0.15, -0.1) is 0 Å². The highest BCUT2D eigenvalue weighted by atomic mass is 16.6. The Morgan fingerprint density at radius 1 is 1.40 bits per heavy atom. The Bertz CT molecular complexity index is 387. The van der Waals surface area contributed by atoms with Crippen molar-refractivity contribution in [3.63, 3.8) is 0 Å². The molecule has 1 aromatic carbocycles. The van der Waals surface area contributed by atoms with Crippen molar-refractivity contribution in [3.8, 4) is 0 Å². The Hall–Kier alpha value is -1.91. The second-order valence-corrected chi connectivity index (χ2v) is 2.81. The monoisotopic (exact) mass is 211 g/mol. The number of nitrogens with zero attached hydrogens (tertiary/aromatic N) is 1. The van der Waals surface area contributed by atoms with E-state index in [1.807, 2.05) is 0 Å². The lowest BCUT2D eigenvalue weighted by molar-refractivity contribution is -0.384. The van der Waals surface area contributed by atoms with Crippen LogP contribution in [0.3, 0.4) is 0 Å². The van der Waals surface area contributed by atoms with Gasteiger partial charge in [0.1, 0.15) is 0 Å². The van der Waals surface area contributed by atoms with Gasteiger partial charge in [0, 0.05) is 12.1 Å². The van der Waals surface area contributed by atoms with Gasteiger partial charge in [-0.2, -0.15) is 0 Å². The summed E-state index contributed by atoms with van der Waals surface area (Å²) in [5.74, 6) is -0.572. The van der Waals surface area contributed by atoms with Crippen molar-refractivity contribution in [2.45, 2.75) is 14.4 Å². The molecule has 0 aliphatic carbocycles. The molecule has 82 valence electrons. The SMILES string of the molecule is C.COC(=O)c1cc(C)cc([N+](=O)[O-])c1. The van der Waals surface area contributed by atoms with Crippen LogP contribution in [0.2, 0.25) is 0 Å². The van der Waals surface area contributed by atoms with Crippen molar-refractivity contribution < 1.29 is 14.5 Å². The zero-order chi connectivity index (χ0) is 10.7. The van der Waals surface area contributed by atoms with Crippen molar-refractivity contribution in [1.29, 1.82) is 0 Å². The van der Waals surface area contributed by atoms with E-state index in [0.717, 1.165) is 0 Å². The molecule has 0 heterocycles. The first-order valence-corrected chi connectivity index (χ1v) is 3.89. The summed E-state index contributed by atoms with van der Waals surface area (Å²) in [4.78, 5) is 21.0. The molecule has 0 aromatic heterocycles. The van der Waals surface area contributed by atoms with E-state index in [-0.39, 0.29) is 18.7 Å². The van der Waals surface area contributed by atoms with E-state index in [9.17, 15) is 14.9 Å². The van der Waals surface area contributed by atoms with Crippen LogP contribution in [-0.4, -0.2) is 18.0 Å². The van der Waals surface area contributed by atoms with E-state index in [1.54, 1.807) is 13.0 Å². The number of carbonyl (C=O) groups is 1. The largest absolute Gasteiger partial charge is 0.465 e. The van der Waals surface area contributed by atoms with Gasteiger partial charge in [0.15, 0.2) is 0 Å². The molecular formula is C10H13NO4. The predicted octanol–water partition coefficient (Wildman–Crippen LogP) is 2.33. The zero-order valence-corrected chi connectivity index (χ0v) is 7.81. The van der Waals surface area contributed by atoms with Gasteiger partial charge in [-0.25, -0.2) is 4.79 Å². The third kappa shape index (κ3) is 3.05. The van der Waals surface area contributed by atoms with E-state index in [2.05, 4.69) is 4.74 Å². The van der Waals surface area contributed by atoms with Crippen molar-refractivity contribution >= 4 is 11.7 Å². The number of benzene rings is 1. The minimum atomic E-state index is -0.572. The summed E-state index contributed by atoms with van der Waals surface area (Å²) >= 11 is 0. The molecule has 5 heteroatoms. The number of rotatable bonds is 2. The standard InChI is InChI=1S/C9H9NO4.CH4/c1-6-3-7(9(11)14-2)5-8(4-6)10(12)13;/h3-5H,1-2H3;1H4. The molecule has 0 spiro atoms. The highest BCUT2D eigenvalue weighted by Gasteiger charge is 2.12. The zero-order valence-electron chi connectivity index (χ0n) is 7.81. The quantitative estimate of drug-likeness (QED) is 0.427. The maximum absolute atomic E-state index is 11.1. The highest BCUT2D eigenvalue weighted by molar-refractivity contribution is 5.90. The van der Waals surface area contributed by atoms with E-state index in [4.69, 9.17) is 0 Å². The Morgan fingerprint density at radius 3 is 2.47 bits per heavy atom. The molecule has 0 N–H and O–H groups in total. The normalized spacial score (nSPS) is 8.93. The van der Waals surface area contributed by atoms with Crippen LogP contribution in [0.4, 0.5) is 5.69 Å². The fourth-order valence-electron chi connectivity index (χ4n) is 1.10. The molecule has 0 aliphatic heterocycles. The number of hydrogen-bond donors (Lipinski definition) is 0. The van der Waals surface area contributed by atoms with Gasteiger partial charge in [0.05, 0.1) is 17.6 Å². The summed E-state index contributed by atoms with van der Waals surface area (Å²) in [7, 11) is 1.23. The van der Waals surface area contributed by atoms with Gasteiger partial charge in [0.2, 0.25) is 0 Å². The first kappa shape index (κ1) is 13.1. The highest BCUT2D eigenvalue weighted by Crippen LogP contribution is 2.17. The van der Waals surface area contributed by atoms with Gasteiger partial charge in [0.25, 0.3) is 5.69 Å². The van der Waals surface area contributed by atoms with E-state index in [0.29, 0.717) is 5.56 Å². The fraction of sp³-hybridized carbons (Fsp3) is 0.300. The second kappa shape index (κ2) is 5.09. The maximum atomic E-state index is 11.1. The molecule has 0 bridgehead atoms. The molecule has 0 fully saturated rings. The summed E-state index contributed by atoms with van der Waals surface area (Å²) < 4.78 is 4.46. The average Bonchev–Trinajstić information content (AvgIpc) is 2.15. The number of nitro groups is 1. The molecule has 1 rings (SSSR count). The predicted molar refractivity (Wildman–Crippen MR) is 55.9 cm³/mol. The molecule has 0 radical (unpaired) electrons. The Labute approximate surface area is 87.8 Å². The Balaban J connectivity index is 0.00000196. The summed E-state index contributed by atoms with van der Waals surface area (Å²) in [6.07, 6.45) is 0. The second-order valence-electron chi connectivity index (χ2n) is 2.81. The topological polar surface area (TPSA) is 69.4 Å². The number of ether oxygens (including phenoxy) is 1. The average molecular weight is 211 g/mol. The lowest BCUT2D eigenvalue weighted by Crippen LogP contribution is -2.02. The maximum Gasteiger partial charge on any atom is 0.338 e. The lowest BCUT2D eigenvalue weighted by atomic mass is 10.1. The molecule has 0 amide bonds. The first-order valence-electron chi connectivity index (χ1n) is 3.89. The number of nitro benzene ring substituents is 1. The number of esters is 1. The number of non-ortho nitro benzene ring substituents is 1. The van der Waals surface area contributed by atoms with Crippen LogP contribution >= 0.6 is 0 Å². The molecule has 0 aliphatic rings. The van der Waals surface area contributed by atoms with Crippen LogP contribution in [0.5, 0.6) is 0 Å². The molecule has 5 nitrogen and oxygen atoms in total. The molecular weight excluding hydrogens is 198 g/mol. The van der Waals surface area contributed by atoms with Crippen LogP contribution in [0.25, 0.3) is 0 Å². The van der Waals surface area contributed by atoms with E-state index < -0.39 is 10.9 Å². The minimum absolute atomic E-state index is 0. The molecule has 0 atom stereocenters. The number of aryl methyl sites for hydroxylation is 1. The van der Waals surface area contributed by atoms with Crippen LogP contribution in [-0.2, 0) is 4.74 Å². The van der Waals surface area contributed by atoms with Crippen molar-refractivity contribution in [3.05, 3.63) is 39.4 Å². The van der Waals surface area contributed by atoms with Gasteiger partial charge < -0.3 is 4.74 Å². The van der Waals surface area contributed by atoms with Crippen molar-refractivity contribution in [1.82, 2.24) is 0 Å². The van der Waals surface area contributed by atoms with Gasteiger partial charge in [-0.3, -0.25) is 10.1 Å². The smallest absolute Gasteiger partial charge is 0.338 e. The number of carbonyl (C=O) groups excluding carboxylic acids is 1. The molecule has 15 heavy (non-hydrogen) atoms. The fourth-order valence-corrected chi connectivity index (χ4v) is 1.10. The summed E-state index contributed by atoms with van der Waals surface area (Å²) in [5, 5.41) is 10.5. The molecule has 1 aromatic rings. The van der Waals surface area contributed by atoms with Crippen LogP contribution < -0.4 is 0 Å². The number of hydrogen-bond acceptors (Lipinski definition) is 4. The van der Waals surface area contributed by atoms with Crippen LogP contribution in [0, 0.1) is 17.0 Å². The van der Waals surface area contributed by atoms with Crippen molar-refractivity contribution in [2.75, 3.05) is 7.11 Å². The third-order valence-electron chi connectivity index (χ3n) is 1.69. The minimum Gasteiger partial charge on any atom is -0.465 e. The van der Waals surface area contributed by atoms with Gasteiger partial charge in [-0.1, -0.05) is 7.43 Å². The van der Waals surface area contributed by atoms with E-state index in [1.165, 1.54) is 19.2 Å². The summed E-state index contributed by atoms with van der Waals surface area (Å²) in [6, 6.07) is 4.13. The summed E-state index contributed by atoms with van der Waals surface area (Å²) in [5.41, 5.74) is 0.740. The third-order valence-corrected chi connectivity index (χ3v) is 1.69. The Kier molecular flexibility index (Phi) is 4.44.